The number of hydrogen-bond donors (Lipinski definition) is 0. The zero-order chi connectivity index (χ0) is 21.6. The fraction of sp³-hybridized carbons (Fsp3) is 0.0769. The number of hydrogen-bond acceptors (Lipinski definition) is 5. The minimum Gasteiger partial charge on any atom is -0.489 e. The second kappa shape index (κ2) is 9.13. The quantitative estimate of drug-likeness (QED) is 0.221. The van der Waals surface area contributed by atoms with Crippen molar-refractivity contribution >= 4 is 28.8 Å². The smallest absolute Gasteiger partial charge is 0.337 e. The van der Waals surface area contributed by atoms with E-state index in [2.05, 4.69) is 4.74 Å². The first-order valence-corrected chi connectivity index (χ1v) is 9.73. The van der Waals surface area contributed by atoms with Gasteiger partial charge in [-0.1, -0.05) is 48.5 Å². The van der Waals surface area contributed by atoms with Crippen LogP contribution in [0.3, 0.4) is 0 Å². The van der Waals surface area contributed by atoms with Gasteiger partial charge in [0.25, 0.3) is 0 Å². The molecule has 0 aliphatic rings. The number of benzene rings is 3. The van der Waals surface area contributed by atoms with Crippen LogP contribution < -0.4 is 4.74 Å². The van der Waals surface area contributed by atoms with Crippen LogP contribution >= 0.6 is 0 Å². The molecule has 0 bridgehead atoms. The van der Waals surface area contributed by atoms with E-state index in [1.165, 1.54) is 13.2 Å². The number of rotatable bonds is 7. The van der Waals surface area contributed by atoms with E-state index in [9.17, 15) is 9.59 Å². The van der Waals surface area contributed by atoms with Crippen LogP contribution in [0.4, 0.5) is 0 Å². The van der Waals surface area contributed by atoms with Gasteiger partial charge in [0.15, 0.2) is 5.76 Å². The van der Waals surface area contributed by atoms with Gasteiger partial charge in [0.2, 0.25) is 5.78 Å². The van der Waals surface area contributed by atoms with Crippen LogP contribution in [0.5, 0.6) is 5.75 Å². The van der Waals surface area contributed by atoms with Crippen molar-refractivity contribution in [1.29, 1.82) is 0 Å². The Labute approximate surface area is 179 Å². The fourth-order valence-electron chi connectivity index (χ4n) is 3.05. The van der Waals surface area contributed by atoms with Gasteiger partial charge in [0.05, 0.1) is 12.7 Å². The number of furan rings is 1. The van der Waals surface area contributed by atoms with Gasteiger partial charge in [-0.05, 0) is 53.6 Å². The predicted octanol–water partition coefficient (Wildman–Crippen LogP) is 5.69. The molecule has 0 saturated carbocycles. The van der Waals surface area contributed by atoms with Crippen LogP contribution in [0, 0.1) is 0 Å². The lowest BCUT2D eigenvalue weighted by Crippen LogP contribution is -2.01. The van der Waals surface area contributed by atoms with Crippen molar-refractivity contribution in [3.8, 4) is 5.75 Å². The summed E-state index contributed by atoms with van der Waals surface area (Å²) in [5, 5.41) is 0.903. The SMILES string of the molecule is COC(=O)c1ccc(COc2ccc(C=CC(=O)c3cc4ccccc4o3)cc2)cc1. The molecule has 0 amide bonds. The van der Waals surface area contributed by atoms with Gasteiger partial charge in [0.1, 0.15) is 17.9 Å². The van der Waals surface area contributed by atoms with Crippen molar-refractivity contribution in [1.82, 2.24) is 0 Å². The highest BCUT2D eigenvalue weighted by Crippen LogP contribution is 2.20. The number of ketones is 1. The minimum absolute atomic E-state index is 0.188. The van der Waals surface area contributed by atoms with Gasteiger partial charge < -0.3 is 13.9 Å². The highest BCUT2D eigenvalue weighted by atomic mass is 16.5. The summed E-state index contributed by atoms with van der Waals surface area (Å²) < 4.78 is 16.1. The van der Waals surface area contributed by atoms with E-state index in [0.717, 1.165) is 16.5 Å². The molecule has 0 atom stereocenters. The van der Waals surface area contributed by atoms with Crippen LogP contribution in [0.2, 0.25) is 0 Å². The summed E-state index contributed by atoms with van der Waals surface area (Å²) in [5.41, 5.74) is 3.01. The maximum Gasteiger partial charge on any atom is 0.337 e. The number of methoxy groups -OCH3 is 1. The van der Waals surface area contributed by atoms with E-state index < -0.39 is 0 Å². The summed E-state index contributed by atoms with van der Waals surface area (Å²) >= 11 is 0. The normalized spacial score (nSPS) is 11.0. The Bertz CT molecular complexity index is 1200. The van der Waals surface area contributed by atoms with Crippen LogP contribution in [0.15, 0.2) is 89.4 Å². The molecule has 1 heterocycles. The summed E-state index contributed by atoms with van der Waals surface area (Å²) in [6.07, 6.45) is 3.24. The van der Waals surface area contributed by atoms with Crippen molar-refractivity contribution in [2.75, 3.05) is 7.11 Å². The molecule has 5 heteroatoms. The van der Waals surface area contributed by atoms with Gasteiger partial charge in [-0.2, -0.15) is 0 Å². The fourth-order valence-corrected chi connectivity index (χ4v) is 3.05. The van der Waals surface area contributed by atoms with Crippen molar-refractivity contribution < 1.29 is 23.5 Å². The standard InChI is InChI=1S/C26H20O5/c1-29-26(28)20-11-6-19(7-12-20)17-30-22-13-8-18(9-14-22)10-15-23(27)25-16-21-4-2-3-5-24(21)31-25/h2-16H,17H2,1H3. The first kappa shape index (κ1) is 20.2. The summed E-state index contributed by atoms with van der Waals surface area (Å²) in [6.45, 7) is 0.376. The molecule has 0 unspecified atom stereocenters. The third kappa shape index (κ3) is 4.90. The first-order chi connectivity index (χ1) is 15.1. The summed E-state index contributed by atoms with van der Waals surface area (Å²) in [4.78, 5) is 23.8. The lowest BCUT2D eigenvalue weighted by atomic mass is 10.1. The Morgan fingerprint density at radius 3 is 2.39 bits per heavy atom. The molecule has 0 spiro atoms. The van der Waals surface area contributed by atoms with Crippen molar-refractivity contribution in [3.63, 3.8) is 0 Å². The number of esters is 1. The van der Waals surface area contributed by atoms with Gasteiger partial charge in [-0.25, -0.2) is 4.79 Å². The highest BCUT2D eigenvalue weighted by molar-refractivity contribution is 6.06. The van der Waals surface area contributed by atoms with Crippen molar-refractivity contribution in [2.24, 2.45) is 0 Å². The molecule has 4 rings (SSSR count). The number of fused-ring (bicyclic) bond motifs is 1. The molecule has 0 aliphatic heterocycles. The maximum atomic E-state index is 12.4. The highest BCUT2D eigenvalue weighted by Gasteiger charge is 2.09. The predicted molar refractivity (Wildman–Crippen MR) is 118 cm³/mol. The minimum atomic E-state index is -0.366. The molecule has 0 N–H and O–H groups in total. The molecule has 0 radical (unpaired) electrons. The second-order valence-corrected chi connectivity index (χ2v) is 6.89. The number of carbonyl (C=O) groups is 2. The summed E-state index contributed by atoms with van der Waals surface area (Å²) in [7, 11) is 1.35. The second-order valence-electron chi connectivity index (χ2n) is 6.89. The summed E-state index contributed by atoms with van der Waals surface area (Å²) in [5.74, 6) is 0.468. The van der Waals surface area contributed by atoms with E-state index in [1.54, 1.807) is 24.3 Å². The zero-order valence-corrected chi connectivity index (χ0v) is 16.9. The van der Waals surface area contributed by atoms with E-state index >= 15 is 0 Å². The lowest BCUT2D eigenvalue weighted by molar-refractivity contribution is 0.0600. The van der Waals surface area contributed by atoms with E-state index in [4.69, 9.17) is 9.15 Å². The zero-order valence-electron chi connectivity index (χ0n) is 16.9. The Hall–Kier alpha value is -4.12. The Kier molecular flexibility index (Phi) is 5.94. The Morgan fingerprint density at radius 2 is 1.68 bits per heavy atom. The Morgan fingerprint density at radius 1 is 0.935 bits per heavy atom. The lowest BCUT2D eigenvalue weighted by Gasteiger charge is -2.07. The third-order valence-corrected chi connectivity index (χ3v) is 4.76. The molecule has 31 heavy (non-hydrogen) atoms. The molecule has 1 aromatic heterocycles. The molecule has 154 valence electrons. The van der Waals surface area contributed by atoms with Gasteiger partial charge in [-0.15, -0.1) is 0 Å². The topological polar surface area (TPSA) is 65.7 Å². The molecular formula is C26H20O5. The van der Waals surface area contributed by atoms with Crippen LogP contribution in [-0.2, 0) is 11.3 Å². The molecule has 0 aliphatic carbocycles. The van der Waals surface area contributed by atoms with Gasteiger partial charge in [-0.3, -0.25) is 4.79 Å². The van der Waals surface area contributed by atoms with Crippen LogP contribution in [-0.4, -0.2) is 18.9 Å². The average Bonchev–Trinajstić information content (AvgIpc) is 3.26. The van der Waals surface area contributed by atoms with Gasteiger partial charge in [0, 0.05) is 5.39 Å². The number of carbonyl (C=O) groups excluding carboxylic acids is 2. The number of para-hydroxylation sites is 1. The largest absolute Gasteiger partial charge is 0.489 e. The van der Waals surface area contributed by atoms with Crippen LogP contribution in [0.25, 0.3) is 17.0 Å². The van der Waals surface area contributed by atoms with Crippen LogP contribution in [0.1, 0.15) is 32.0 Å². The average molecular weight is 412 g/mol. The first-order valence-electron chi connectivity index (χ1n) is 9.73. The molecular weight excluding hydrogens is 392 g/mol. The molecule has 0 fully saturated rings. The Balaban J connectivity index is 1.34. The molecule has 4 aromatic rings. The van der Waals surface area contributed by atoms with E-state index in [0.29, 0.717) is 29.3 Å². The monoisotopic (exact) mass is 412 g/mol. The van der Waals surface area contributed by atoms with E-state index in [1.807, 2.05) is 60.7 Å². The number of ether oxygens (including phenoxy) is 2. The van der Waals surface area contributed by atoms with Gasteiger partial charge >= 0.3 is 5.97 Å². The molecule has 5 nitrogen and oxygen atoms in total. The maximum absolute atomic E-state index is 12.4. The molecule has 0 saturated heterocycles. The van der Waals surface area contributed by atoms with Crippen molar-refractivity contribution in [2.45, 2.75) is 6.61 Å². The summed E-state index contributed by atoms with van der Waals surface area (Å²) in [6, 6.07) is 23.8. The molecule has 3 aromatic carbocycles. The third-order valence-electron chi connectivity index (χ3n) is 4.76. The van der Waals surface area contributed by atoms with Crippen molar-refractivity contribution in [3.05, 3.63) is 107 Å². The van der Waals surface area contributed by atoms with E-state index in [-0.39, 0.29) is 11.8 Å². The number of allylic oxidation sites excluding steroid dienone is 1.